The molecule has 3 atom stereocenters. The number of ether oxygens (including phenoxy) is 1. The highest BCUT2D eigenvalue weighted by Crippen LogP contribution is 2.31. The third-order valence-corrected chi connectivity index (χ3v) is 7.91. The predicted molar refractivity (Wildman–Crippen MR) is 179 cm³/mol. The number of likely N-dealkylation sites (N-methyl/N-ethyl adjacent to an activating group) is 1. The highest BCUT2D eigenvalue weighted by atomic mass is 19.4. The van der Waals surface area contributed by atoms with Gasteiger partial charge >= 0.3 is 12.3 Å². The number of amides is 4. The number of halogens is 3. The summed E-state index contributed by atoms with van der Waals surface area (Å²) in [6, 6.07) is 2.16. The van der Waals surface area contributed by atoms with Crippen molar-refractivity contribution in [2.45, 2.75) is 96.6 Å². The van der Waals surface area contributed by atoms with Crippen LogP contribution in [-0.2, 0) is 25.3 Å². The van der Waals surface area contributed by atoms with Gasteiger partial charge in [0.2, 0.25) is 17.7 Å². The zero-order valence-corrected chi connectivity index (χ0v) is 29.3. The number of hydrogen-bond acceptors (Lipinski definition) is 6. The Labute approximate surface area is 285 Å². The van der Waals surface area contributed by atoms with E-state index >= 15 is 0 Å². The molecule has 0 spiro atoms. The maximum absolute atomic E-state index is 13.7. The minimum absolute atomic E-state index is 0.0626. The van der Waals surface area contributed by atoms with Gasteiger partial charge in [-0.15, -0.1) is 0 Å². The average Bonchev–Trinajstić information content (AvgIpc) is 3.43. The summed E-state index contributed by atoms with van der Waals surface area (Å²) in [5.74, 6) is -1.21. The van der Waals surface area contributed by atoms with Crippen LogP contribution in [0.15, 0.2) is 60.6 Å². The molecule has 1 heterocycles. The number of carbonyl (C=O) groups excluding carboxylic acids is 4. The molecule has 1 aliphatic rings. The summed E-state index contributed by atoms with van der Waals surface area (Å²) >= 11 is 0. The van der Waals surface area contributed by atoms with Crippen molar-refractivity contribution in [1.29, 1.82) is 0 Å². The van der Waals surface area contributed by atoms with Gasteiger partial charge in [0.1, 0.15) is 23.2 Å². The molecule has 49 heavy (non-hydrogen) atoms. The molecule has 2 unspecified atom stereocenters. The number of alkyl halides is 3. The molecule has 1 aromatic heterocycles. The van der Waals surface area contributed by atoms with Gasteiger partial charge in [0.25, 0.3) is 0 Å². The van der Waals surface area contributed by atoms with Gasteiger partial charge in [0.05, 0.1) is 11.9 Å². The van der Waals surface area contributed by atoms with E-state index in [1.165, 1.54) is 67.6 Å². The van der Waals surface area contributed by atoms with Gasteiger partial charge < -0.3 is 30.2 Å². The maximum Gasteiger partial charge on any atom is 0.416 e. The van der Waals surface area contributed by atoms with Crippen LogP contribution in [0.1, 0.15) is 84.4 Å². The Kier molecular flexibility index (Phi) is 12.5. The van der Waals surface area contributed by atoms with E-state index in [4.69, 9.17) is 4.74 Å². The van der Waals surface area contributed by atoms with Crippen molar-refractivity contribution in [3.63, 3.8) is 0 Å². The molecule has 2 aromatic rings. The van der Waals surface area contributed by atoms with Crippen molar-refractivity contribution in [2.75, 3.05) is 19.4 Å². The third kappa shape index (κ3) is 11.2. The van der Waals surface area contributed by atoms with Crippen molar-refractivity contribution < 1.29 is 37.1 Å². The molecule has 4 amide bonds. The van der Waals surface area contributed by atoms with Gasteiger partial charge in [-0.05, 0) is 83.9 Å². The fraction of sp³-hybridized carbons (Fsp3) is 0.514. The number of nitrogens with one attached hydrogen (secondary N) is 3. The van der Waals surface area contributed by atoms with E-state index in [1.807, 2.05) is 6.08 Å². The van der Waals surface area contributed by atoms with Crippen molar-refractivity contribution in [1.82, 2.24) is 25.1 Å². The standard InChI is InChI=1S/C35H47F3N6O5/c1-22-12-9-10-13-23(22)14-11-15-26(40-31(47)34(5,6)42-32(48)49-33(2,3)4)29(45)41-27-20-44(21-39-27)28(30(46)43(7)8)24-16-18-25(19-17-24)35(36,37)38/h9-10,13,16-22,26,28H,11-12,14-15H2,1-8H3,(H,40,47)(H,41,45)(H,42,48)/t22?,26-,28?/m1/s1. The molecule has 0 radical (unpaired) electrons. The smallest absolute Gasteiger partial charge is 0.416 e. The largest absolute Gasteiger partial charge is 0.444 e. The van der Waals surface area contributed by atoms with Gasteiger partial charge in [-0.25, -0.2) is 9.78 Å². The Morgan fingerprint density at radius 2 is 1.71 bits per heavy atom. The Morgan fingerprint density at radius 1 is 1.06 bits per heavy atom. The second kappa shape index (κ2) is 15.7. The van der Waals surface area contributed by atoms with Crippen LogP contribution in [0.3, 0.4) is 0 Å². The number of alkyl carbamates (subject to hydrolysis) is 1. The molecule has 0 saturated heterocycles. The van der Waals surface area contributed by atoms with Gasteiger partial charge in [-0.2, -0.15) is 13.2 Å². The summed E-state index contributed by atoms with van der Waals surface area (Å²) in [6.45, 7) is 10.2. The van der Waals surface area contributed by atoms with E-state index in [-0.39, 0.29) is 17.8 Å². The number of benzene rings is 1. The first-order valence-corrected chi connectivity index (χ1v) is 16.1. The van der Waals surface area contributed by atoms with E-state index in [0.717, 1.165) is 18.6 Å². The van der Waals surface area contributed by atoms with Crippen molar-refractivity contribution in [2.24, 2.45) is 5.92 Å². The lowest BCUT2D eigenvalue weighted by molar-refractivity contribution is -0.137. The highest BCUT2D eigenvalue weighted by Gasteiger charge is 2.35. The Hall–Kier alpha value is -4.62. The molecule has 0 saturated carbocycles. The highest BCUT2D eigenvalue weighted by molar-refractivity contribution is 5.98. The Morgan fingerprint density at radius 3 is 2.29 bits per heavy atom. The topological polar surface area (TPSA) is 135 Å². The van der Waals surface area contributed by atoms with Crippen molar-refractivity contribution in [3.8, 4) is 0 Å². The molecule has 3 N–H and O–H groups in total. The number of imidazole rings is 1. The molecule has 0 aliphatic heterocycles. The molecular weight excluding hydrogens is 641 g/mol. The second-order valence-corrected chi connectivity index (χ2v) is 13.9. The molecule has 1 aromatic carbocycles. The van der Waals surface area contributed by atoms with Gasteiger partial charge in [0, 0.05) is 20.3 Å². The normalized spacial score (nSPS) is 16.2. The van der Waals surface area contributed by atoms with Gasteiger partial charge in [-0.3, -0.25) is 14.4 Å². The first-order chi connectivity index (χ1) is 22.7. The lowest BCUT2D eigenvalue weighted by Crippen LogP contribution is -2.58. The number of nitrogens with zero attached hydrogens (tertiary/aromatic N) is 3. The van der Waals surface area contributed by atoms with Gasteiger partial charge in [0.15, 0.2) is 5.82 Å². The van der Waals surface area contributed by atoms with E-state index in [0.29, 0.717) is 18.8 Å². The summed E-state index contributed by atoms with van der Waals surface area (Å²) in [5, 5.41) is 8.00. The Balaban J connectivity index is 1.82. The number of anilines is 1. The minimum atomic E-state index is -4.54. The lowest BCUT2D eigenvalue weighted by atomic mass is 9.89. The van der Waals surface area contributed by atoms with E-state index < -0.39 is 58.8 Å². The molecule has 268 valence electrons. The summed E-state index contributed by atoms with van der Waals surface area (Å²) in [7, 11) is 3.04. The van der Waals surface area contributed by atoms with E-state index in [9.17, 15) is 32.3 Å². The predicted octanol–water partition coefficient (Wildman–Crippen LogP) is 6.00. The Bertz CT molecular complexity index is 1550. The van der Waals surface area contributed by atoms with E-state index in [2.05, 4.69) is 40.0 Å². The molecule has 1 aliphatic carbocycles. The summed E-state index contributed by atoms with van der Waals surface area (Å²) in [4.78, 5) is 58.2. The van der Waals surface area contributed by atoms with Crippen LogP contribution in [0.4, 0.5) is 23.8 Å². The monoisotopic (exact) mass is 688 g/mol. The fourth-order valence-corrected chi connectivity index (χ4v) is 5.15. The number of hydrogen-bond donors (Lipinski definition) is 3. The maximum atomic E-state index is 13.7. The molecule has 3 rings (SSSR count). The zero-order chi connectivity index (χ0) is 36.7. The molecular formula is C35H47F3N6O5. The summed E-state index contributed by atoms with van der Waals surface area (Å²) in [5.41, 5.74) is -1.55. The molecule has 0 fully saturated rings. The van der Waals surface area contributed by atoms with Crippen molar-refractivity contribution in [3.05, 3.63) is 71.7 Å². The minimum Gasteiger partial charge on any atom is -0.444 e. The van der Waals surface area contributed by atoms with Crippen LogP contribution in [0.5, 0.6) is 0 Å². The summed E-state index contributed by atoms with van der Waals surface area (Å²) in [6.07, 6.45) is 5.99. The van der Waals surface area contributed by atoms with Crippen LogP contribution < -0.4 is 16.0 Å². The zero-order valence-electron chi connectivity index (χ0n) is 29.3. The lowest BCUT2D eigenvalue weighted by Gasteiger charge is -2.29. The molecule has 14 heteroatoms. The number of aromatic nitrogens is 2. The molecule has 11 nitrogen and oxygen atoms in total. The number of rotatable bonds is 12. The second-order valence-electron chi connectivity index (χ2n) is 13.9. The van der Waals surface area contributed by atoms with Crippen LogP contribution >= 0.6 is 0 Å². The van der Waals surface area contributed by atoms with Crippen LogP contribution in [0.2, 0.25) is 0 Å². The average molecular weight is 689 g/mol. The number of carbonyl (C=O) groups is 4. The third-order valence-electron chi connectivity index (χ3n) is 7.91. The van der Waals surface area contributed by atoms with Crippen molar-refractivity contribution >= 4 is 29.6 Å². The van der Waals surface area contributed by atoms with Gasteiger partial charge in [-0.1, -0.05) is 42.9 Å². The number of allylic oxidation sites excluding steroid dienone is 4. The molecule has 0 bridgehead atoms. The summed E-state index contributed by atoms with van der Waals surface area (Å²) < 4.78 is 46.2. The first-order valence-electron chi connectivity index (χ1n) is 16.1. The SMILES string of the molecule is CC1CC=CC=C1CCC[C@@H](NC(=O)C(C)(C)NC(=O)OC(C)(C)C)C(=O)Nc1cn(C(C(=O)N(C)C)c2ccc(C(F)(F)F)cc2)cn1. The van der Waals surface area contributed by atoms with Crippen LogP contribution in [0, 0.1) is 5.92 Å². The quantitative estimate of drug-likeness (QED) is 0.251. The van der Waals surface area contributed by atoms with Crippen LogP contribution in [0.25, 0.3) is 0 Å². The van der Waals surface area contributed by atoms with E-state index in [1.54, 1.807) is 20.8 Å². The first kappa shape index (κ1) is 38.8. The van der Waals surface area contributed by atoms with Crippen LogP contribution in [-0.4, -0.2) is 69.5 Å². The fourth-order valence-electron chi connectivity index (χ4n) is 5.15.